The first-order valence-electron chi connectivity index (χ1n) is 8.53. The number of ether oxygens (including phenoxy) is 1. The largest absolute Gasteiger partial charge is 0.504 e. The van der Waals surface area contributed by atoms with Crippen molar-refractivity contribution in [3.8, 4) is 11.5 Å². The molecule has 2 aromatic carbocycles. The maximum absolute atomic E-state index is 13.1. The van der Waals surface area contributed by atoms with Crippen molar-refractivity contribution in [1.82, 2.24) is 5.32 Å². The lowest BCUT2D eigenvalue weighted by atomic mass is 10.0. The number of halogens is 1. The van der Waals surface area contributed by atoms with Crippen LogP contribution in [0.1, 0.15) is 11.1 Å². The first-order chi connectivity index (χ1) is 13.8. The predicted molar refractivity (Wildman–Crippen MR) is 119 cm³/mol. The van der Waals surface area contributed by atoms with Crippen LogP contribution in [-0.2, 0) is 16.0 Å². The number of rotatable bonds is 5. The lowest BCUT2D eigenvalue weighted by molar-refractivity contribution is -0.122. The predicted octanol–water partition coefficient (Wildman–Crippen LogP) is 3.72. The zero-order chi connectivity index (χ0) is 21.1. The van der Waals surface area contributed by atoms with Crippen molar-refractivity contribution >= 4 is 56.8 Å². The zero-order valence-corrected chi connectivity index (χ0v) is 17.8. The van der Waals surface area contributed by atoms with Crippen molar-refractivity contribution in [1.29, 1.82) is 0 Å². The highest BCUT2D eigenvalue weighted by molar-refractivity contribution is 9.10. The van der Waals surface area contributed by atoms with E-state index in [0.717, 1.165) is 4.47 Å². The van der Waals surface area contributed by atoms with Gasteiger partial charge in [0.2, 0.25) is 0 Å². The van der Waals surface area contributed by atoms with Crippen molar-refractivity contribution < 1.29 is 19.4 Å². The van der Waals surface area contributed by atoms with Crippen LogP contribution >= 0.6 is 28.1 Å². The monoisotopic (exact) mass is 472 g/mol. The second-order valence-electron chi connectivity index (χ2n) is 6.16. The quantitative estimate of drug-likeness (QED) is 0.300. The van der Waals surface area contributed by atoms with Crippen LogP contribution in [-0.4, -0.2) is 29.1 Å². The molecule has 2 N–H and O–H groups in total. The number of aromatic hydroxyl groups is 1. The van der Waals surface area contributed by atoms with E-state index in [9.17, 15) is 14.7 Å². The number of anilines is 1. The average Bonchev–Trinajstić information content (AvgIpc) is 2.68. The molecule has 2 amide bonds. The minimum atomic E-state index is -0.592. The lowest BCUT2D eigenvalue weighted by Gasteiger charge is -2.29. The van der Waals surface area contributed by atoms with E-state index in [1.54, 1.807) is 42.5 Å². The Labute approximate surface area is 181 Å². The molecule has 8 heteroatoms. The fraction of sp³-hybridized carbons (Fsp3) is 0.0952. The number of hydrogen-bond acceptors (Lipinski definition) is 5. The lowest BCUT2D eigenvalue weighted by Crippen LogP contribution is -2.54. The van der Waals surface area contributed by atoms with Crippen LogP contribution in [0.15, 0.2) is 59.1 Å². The molecule has 0 aliphatic carbocycles. The standard InChI is InChI=1S/C21H17BrN2O4S/c1-3-4-13-9-12(11-17(28-2)18(13)25)10-16-19(26)23-21(29)24(20(16)27)15-7-5-14(22)6-8-15/h3,5-11,25H,1,4H2,2H3,(H,23,26,29)/b16-10-. The van der Waals surface area contributed by atoms with Gasteiger partial charge in [0.1, 0.15) is 5.57 Å². The van der Waals surface area contributed by atoms with Gasteiger partial charge < -0.3 is 9.84 Å². The summed E-state index contributed by atoms with van der Waals surface area (Å²) < 4.78 is 6.05. The van der Waals surface area contributed by atoms with Gasteiger partial charge in [-0.3, -0.25) is 19.8 Å². The SMILES string of the molecule is C=CCc1cc(/C=C2/C(=O)NC(=S)N(c3ccc(Br)cc3)C2=O)cc(OC)c1O. The van der Waals surface area contributed by atoms with E-state index in [0.29, 0.717) is 23.2 Å². The molecule has 0 unspecified atom stereocenters. The van der Waals surface area contributed by atoms with Crippen molar-refractivity contribution in [2.24, 2.45) is 0 Å². The van der Waals surface area contributed by atoms with E-state index in [1.165, 1.54) is 18.1 Å². The smallest absolute Gasteiger partial charge is 0.270 e. The number of phenolic OH excluding ortho intramolecular Hbond substituents is 1. The summed E-state index contributed by atoms with van der Waals surface area (Å²) in [5, 5.41) is 12.8. The number of allylic oxidation sites excluding steroid dienone is 1. The van der Waals surface area contributed by atoms with Crippen molar-refractivity contribution in [2.45, 2.75) is 6.42 Å². The number of nitrogens with zero attached hydrogens (tertiary/aromatic N) is 1. The Hall–Kier alpha value is -2.97. The van der Waals surface area contributed by atoms with Gasteiger partial charge >= 0.3 is 0 Å². The molecule has 6 nitrogen and oxygen atoms in total. The molecule has 1 aliphatic rings. The first-order valence-corrected chi connectivity index (χ1v) is 9.73. The number of phenols is 1. The highest BCUT2D eigenvalue weighted by Crippen LogP contribution is 2.33. The summed E-state index contributed by atoms with van der Waals surface area (Å²) in [5.74, 6) is -0.907. The molecule has 0 saturated carbocycles. The summed E-state index contributed by atoms with van der Waals surface area (Å²) in [6.07, 6.45) is 3.48. The Balaban J connectivity index is 2.06. The molecule has 0 atom stereocenters. The Morgan fingerprint density at radius 3 is 2.59 bits per heavy atom. The Morgan fingerprint density at radius 2 is 1.97 bits per heavy atom. The third-order valence-electron chi connectivity index (χ3n) is 4.26. The highest BCUT2D eigenvalue weighted by atomic mass is 79.9. The van der Waals surface area contributed by atoms with Gasteiger partial charge in [0, 0.05) is 10.0 Å². The van der Waals surface area contributed by atoms with E-state index in [4.69, 9.17) is 17.0 Å². The molecule has 2 aromatic rings. The fourth-order valence-electron chi connectivity index (χ4n) is 2.89. The Kier molecular flexibility index (Phi) is 6.14. The number of thiocarbonyl (C=S) groups is 1. The van der Waals surface area contributed by atoms with E-state index in [2.05, 4.69) is 27.8 Å². The number of carbonyl (C=O) groups is 2. The summed E-state index contributed by atoms with van der Waals surface area (Å²) in [4.78, 5) is 26.8. The third kappa shape index (κ3) is 4.23. The number of carbonyl (C=O) groups excluding carboxylic acids is 2. The number of benzene rings is 2. The molecule has 1 saturated heterocycles. The van der Waals surface area contributed by atoms with Gasteiger partial charge in [-0.25, -0.2) is 0 Å². The van der Waals surface area contributed by atoms with Gasteiger partial charge in [-0.05, 0) is 66.7 Å². The summed E-state index contributed by atoms with van der Waals surface area (Å²) in [6, 6.07) is 10.2. The third-order valence-corrected chi connectivity index (χ3v) is 5.07. The molecule has 0 bridgehead atoms. The van der Waals surface area contributed by atoms with Crippen LogP contribution in [0.3, 0.4) is 0 Å². The van der Waals surface area contributed by atoms with Gasteiger partial charge in [-0.15, -0.1) is 6.58 Å². The van der Waals surface area contributed by atoms with Gasteiger partial charge in [0.15, 0.2) is 16.6 Å². The maximum atomic E-state index is 13.1. The molecule has 0 aromatic heterocycles. The highest BCUT2D eigenvalue weighted by Gasteiger charge is 2.34. The summed E-state index contributed by atoms with van der Waals surface area (Å²) in [5.41, 5.74) is 1.54. The molecule has 148 valence electrons. The van der Waals surface area contributed by atoms with Gasteiger partial charge in [0.05, 0.1) is 12.8 Å². The topological polar surface area (TPSA) is 78.9 Å². The summed E-state index contributed by atoms with van der Waals surface area (Å²) in [6.45, 7) is 3.67. The maximum Gasteiger partial charge on any atom is 0.270 e. The van der Waals surface area contributed by atoms with Crippen LogP contribution < -0.4 is 15.0 Å². The minimum absolute atomic E-state index is 0.00774. The zero-order valence-electron chi connectivity index (χ0n) is 15.4. The minimum Gasteiger partial charge on any atom is -0.504 e. The number of amides is 2. The van der Waals surface area contributed by atoms with Gasteiger partial charge in [0.25, 0.3) is 11.8 Å². The average molecular weight is 473 g/mol. The van der Waals surface area contributed by atoms with Crippen LogP contribution in [0.4, 0.5) is 5.69 Å². The van der Waals surface area contributed by atoms with Crippen molar-refractivity contribution in [2.75, 3.05) is 12.0 Å². The van der Waals surface area contributed by atoms with Crippen LogP contribution in [0.2, 0.25) is 0 Å². The summed E-state index contributed by atoms with van der Waals surface area (Å²) in [7, 11) is 1.43. The summed E-state index contributed by atoms with van der Waals surface area (Å²) >= 11 is 8.54. The van der Waals surface area contributed by atoms with Crippen LogP contribution in [0.25, 0.3) is 6.08 Å². The molecular weight excluding hydrogens is 456 g/mol. The molecule has 1 fully saturated rings. The van der Waals surface area contributed by atoms with Crippen LogP contribution in [0, 0.1) is 0 Å². The molecule has 3 rings (SSSR count). The van der Waals surface area contributed by atoms with Gasteiger partial charge in [-0.2, -0.15) is 0 Å². The molecule has 1 aliphatic heterocycles. The molecular formula is C21H17BrN2O4S. The second-order valence-corrected chi connectivity index (χ2v) is 7.46. The second kappa shape index (κ2) is 8.59. The van der Waals surface area contributed by atoms with E-state index in [1.807, 2.05) is 0 Å². The number of methoxy groups -OCH3 is 1. The van der Waals surface area contributed by atoms with E-state index in [-0.39, 0.29) is 22.2 Å². The van der Waals surface area contributed by atoms with Crippen LogP contribution in [0.5, 0.6) is 11.5 Å². The first kappa shape index (κ1) is 20.8. The Morgan fingerprint density at radius 1 is 1.28 bits per heavy atom. The number of hydrogen-bond donors (Lipinski definition) is 2. The Bertz CT molecular complexity index is 1050. The van der Waals surface area contributed by atoms with E-state index >= 15 is 0 Å². The van der Waals surface area contributed by atoms with Crippen molar-refractivity contribution in [3.63, 3.8) is 0 Å². The normalized spacial score (nSPS) is 15.4. The number of nitrogens with one attached hydrogen (secondary N) is 1. The van der Waals surface area contributed by atoms with Crippen molar-refractivity contribution in [3.05, 3.63) is 70.2 Å². The molecule has 29 heavy (non-hydrogen) atoms. The molecule has 0 radical (unpaired) electrons. The van der Waals surface area contributed by atoms with E-state index < -0.39 is 11.8 Å². The molecule has 0 spiro atoms. The molecule has 1 heterocycles. The fourth-order valence-corrected chi connectivity index (χ4v) is 3.43. The van der Waals surface area contributed by atoms with Gasteiger partial charge in [-0.1, -0.05) is 22.0 Å².